The molecule has 0 aliphatic rings. The summed E-state index contributed by atoms with van der Waals surface area (Å²) in [6, 6.07) is 5.30. The number of benzene rings is 1. The molecular weight excluding hydrogens is 360 g/mol. The molecule has 0 fully saturated rings. The Hall–Kier alpha value is -2.03. The van der Waals surface area contributed by atoms with Gasteiger partial charge < -0.3 is 16.2 Å². The molecule has 2 atom stereocenters. The second kappa shape index (κ2) is 8.18. The van der Waals surface area contributed by atoms with Crippen LogP contribution in [0.15, 0.2) is 30.5 Å². The molecule has 4 N–H and O–H groups in total. The highest BCUT2D eigenvalue weighted by atomic mass is 35.5. The van der Waals surface area contributed by atoms with Crippen molar-refractivity contribution in [3.63, 3.8) is 0 Å². The number of carbonyl (C=O) groups is 1. The number of amides is 1. The fourth-order valence-electron chi connectivity index (χ4n) is 1.95. The molecule has 2 rings (SSSR count). The summed E-state index contributed by atoms with van der Waals surface area (Å²) in [7, 11) is 0. The number of hydrogen-bond acceptors (Lipinski definition) is 6. The third-order valence-electron chi connectivity index (χ3n) is 3.20. The molecule has 1 heterocycles. The predicted molar refractivity (Wildman–Crippen MR) is 88.0 cm³/mol. The third kappa shape index (κ3) is 4.50. The average molecular weight is 374 g/mol. The van der Waals surface area contributed by atoms with Gasteiger partial charge in [-0.25, -0.2) is 9.37 Å². The number of hydrogen-bond donors (Lipinski definition) is 3. The van der Waals surface area contributed by atoms with E-state index < -0.39 is 29.6 Å². The van der Waals surface area contributed by atoms with Crippen molar-refractivity contribution < 1.29 is 14.3 Å². The number of anilines is 1. The van der Waals surface area contributed by atoms with Gasteiger partial charge in [0.05, 0.1) is 12.2 Å². The van der Waals surface area contributed by atoms with E-state index in [4.69, 9.17) is 28.9 Å². The van der Waals surface area contributed by atoms with Crippen molar-refractivity contribution in [3.8, 4) is 11.3 Å². The van der Waals surface area contributed by atoms with Gasteiger partial charge in [0.2, 0.25) is 5.95 Å². The van der Waals surface area contributed by atoms with Gasteiger partial charge in [-0.05, 0) is 5.56 Å². The first-order valence-corrected chi connectivity index (χ1v) is 7.67. The van der Waals surface area contributed by atoms with Gasteiger partial charge in [0.1, 0.15) is 18.5 Å². The Morgan fingerprint density at radius 1 is 1.29 bits per heavy atom. The lowest BCUT2D eigenvalue weighted by Crippen LogP contribution is -2.43. The van der Waals surface area contributed by atoms with Crippen LogP contribution < -0.4 is 11.1 Å². The third-order valence-corrected chi connectivity index (χ3v) is 3.60. The minimum absolute atomic E-state index is 0.0595. The first-order valence-electron chi connectivity index (χ1n) is 6.80. The van der Waals surface area contributed by atoms with Gasteiger partial charge in [0.25, 0.3) is 5.91 Å². The molecule has 0 bridgehead atoms. The van der Waals surface area contributed by atoms with Gasteiger partial charge in [-0.3, -0.25) is 4.79 Å². The molecule has 128 valence electrons. The molecule has 0 aliphatic carbocycles. The molecular formula is C14H14Cl2FN5O2. The summed E-state index contributed by atoms with van der Waals surface area (Å²) >= 11 is 10.8. The number of alkyl halides is 3. The van der Waals surface area contributed by atoms with E-state index in [1.165, 1.54) is 6.20 Å². The van der Waals surface area contributed by atoms with Crippen LogP contribution in [0.1, 0.15) is 11.7 Å². The van der Waals surface area contributed by atoms with E-state index in [-0.39, 0.29) is 5.95 Å². The van der Waals surface area contributed by atoms with Gasteiger partial charge >= 0.3 is 0 Å². The molecule has 7 nitrogen and oxygen atoms in total. The quantitative estimate of drug-likeness (QED) is 0.659. The normalized spacial score (nSPS) is 13.5. The number of aliphatic hydroxyl groups is 1. The standard InChI is InChI=1S/C14H14Cl2FN5O2/c15-12(16)13(24)20-9(5-17)11(23)8-3-1-7(2-4-8)10-6-19-14(18)22-21-10/h1-4,6,9,11-12,23H,5H2,(H,20,24)(H2,18,19,22)/t9-,11-/m1/s1. The van der Waals surface area contributed by atoms with Crippen molar-refractivity contribution in [3.05, 3.63) is 36.0 Å². The fourth-order valence-corrected chi connectivity index (χ4v) is 2.07. The monoisotopic (exact) mass is 373 g/mol. The van der Waals surface area contributed by atoms with Gasteiger partial charge in [0.15, 0.2) is 4.84 Å². The highest BCUT2D eigenvalue weighted by Gasteiger charge is 2.25. The highest BCUT2D eigenvalue weighted by molar-refractivity contribution is 6.53. The van der Waals surface area contributed by atoms with Crippen molar-refractivity contribution in [1.29, 1.82) is 0 Å². The first-order chi connectivity index (χ1) is 11.4. The Bertz CT molecular complexity index is 685. The van der Waals surface area contributed by atoms with E-state index in [0.717, 1.165) is 0 Å². The van der Waals surface area contributed by atoms with E-state index in [2.05, 4.69) is 20.5 Å². The van der Waals surface area contributed by atoms with Crippen molar-refractivity contribution in [2.75, 3.05) is 12.4 Å². The maximum absolute atomic E-state index is 13.1. The molecule has 0 spiro atoms. The van der Waals surface area contributed by atoms with Gasteiger partial charge in [-0.15, -0.1) is 10.2 Å². The van der Waals surface area contributed by atoms with Crippen LogP contribution in [0.5, 0.6) is 0 Å². The van der Waals surface area contributed by atoms with Crippen LogP contribution >= 0.6 is 23.2 Å². The molecule has 2 aromatic rings. The number of rotatable bonds is 6. The fraction of sp³-hybridized carbons (Fsp3) is 0.286. The number of nitrogen functional groups attached to an aromatic ring is 1. The zero-order chi connectivity index (χ0) is 17.7. The summed E-state index contributed by atoms with van der Waals surface area (Å²) in [5, 5.41) is 20.0. The number of nitrogens with one attached hydrogen (secondary N) is 1. The Morgan fingerprint density at radius 3 is 2.46 bits per heavy atom. The number of aliphatic hydroxyl groups excluding tert-OH is 1. The second-order valence-corrected chi connectivity index (χ2v) is 5.93. The Kier molecular flexibility index (Phi) is 6.24. The smallest absolute Gasteiger partial charge is 0.253 e. The molecule has 0 unspecified atom stereocenters. The van der Waals surface area contributed by atoms with Crippen molar-refractivity contribution in [1.82, 2.24) is 20.5 Å². The highest BCUT2D eigenvalue weighted by Crippen LogP contribution is 2.22. The molecule has 0 saturated heterocycles. The lowest BCUT2D eigenvalue weighted by molar-refractivity contribution is -0.121. The van der Waals surface area contributed by atoms with E-state index in [9.17, 15) is 14.3 Å². The second-order valence-electron chi connectivity index (χ2n) is 4.84. The lowest BCUT2D eigenvalue weighted by Gasteiger charge is -2.22. The van der Waals surface area contributed by atoms with Gasteiger partial charge in [0, 0.05) is 5.56 Å². The zero-order valence-corrected chi connectivity index (χ0v) is 13.7. The maximum atomic E-state index is 13.1. The number of nitrogens with two attached hydrogens (primary N) is 1. The number of aromatic nitrogens is 3. The van der Waals surface area contributed by atoms with Crippen LogP contribution in [0.2, 0.25) is 0 Å². The molecule has 10 heteroatoms. The van der Waals surface area contributed by atoms with Crippen LogP contribution in [-0.4, -0.2) is 43.7 Å². The van der Waals surface area contributed by atoms with E-state index in [0.29, 0.717) is 16.8 Å². The summed E-state index contributed by atoms with van der Waals surface area (Å²) in [6.07, 6.45) is 0.190. The van der Waals surface area contributed by atoms with Crippen molar-refractivity contribution >= 4 is 35.1 Å². The Labute approximate surface area is 147 Å². The molecule has 1 aromatic heterocycles. The predicted octanol–water partition coefficient (Wildman–Crippen LogP) is 1.41. The molecule has 1 aromatic carbocycles. The van der Waals surface area contributed by atoms with Crippen LogP contribution in [0.3, 0.4) is 0 Å². The SMILES string of the molecule is Nc1ncc(-c2ccc([C@@H](O)[C@@H](CF)NC(=O)C(Cl)Cl)cc2)nn1. The summed E-state index contributed by atoms with van der Waals surface area (Å²) in [4.78, 5) is 13.9. The molecule has 0 saturated carbocycles. The maximum Gasteiger partial charge on any atom is 0.253 e. The van der Waals surface area contributed by atoms with E-state index in [1.54, 1.807) is 24.3 Å². The number of nitrogens with zero attached hydrogens (tertiary/aromatic N) is 3. The van der Waals surface area contributed by atoms with E-state index in [1.807, 2.05) is 0 Å². The number of carbonyl (C=O) groups excluding carboxylic acids is 1. The minimum Gasteiger partial charge on any atom is -0.386 e. The molecule has 0 aliphatic heterocycles. The largest absolute Gasteiger partial charge is 0.386 e. The summed E-state index contributed by atoms with van der Waals surface area (Å²) in [6.45, 7) is -0.984. The Morgan fingerprint density at radius 2 is 1.96 bits per heavy atom. The topological polar surface area (TPSA) is 114 Å². The number of halogens is 3. The Balaban J connectivity index is 2.13. The van der Waals surface area contributed by atoms with Gasteiger partial charge in [-0.2, -0.15) is 0 Å². The van der Waals surface area contributed by atoms with Crippen LogP contribution in [0.25, 0.3) is 11.3 Å². The first kappa shape index (κ1) is 18.3. The molecule has 1 amide bonds. The van der Waals surface area contributed by atoms with Crippen molar-refractivity contribution in [2.45, 2.75) is 17.0 Å². The zero-order valence-electron chi connectivity index (χ0n) is 12.2. The summed E-state index contributed by atoms with van der Waals surface area (Å²) in [5.41, 5.74) is 6.95. The van der Waals surface area contributed by atoms with E-state index >= 15 is 0 Å². The van der Waals surface area contributed by atoms with Crippen molar-refractivity contribution in [2.24, 2.45) is 0 Å². The van der Waals surface area contributed by atoms with Crippen LogP contribution in [0, 0.1) is 0 Å². The molecule has 24 heavy (non-hydrogen) atoms. The summed E-state index contributed by atoms with van der Waals surface area (Å²) < 4.78 is 13.1. The van der Waals surface area contributed by atoms with Gasteiger partial charge in [-0.1, -0.05) is 47.5 Å². The van der Waals surface area contributed by atoms with Crippen LogP contribution in [0.4, 0.5) is 10.3 Å². The lowest BCUT2D eigenvalue weighted by atomic mass is 10.0. The minimum atomic E-state index is -1.34. The average Bonchev–Trinajstić information content (AvgIpc) is 2.59. The molecule has 0 radical (unpaired) electrons. The summed E-state index contributed by atoms with van der Waals surface area (Å²) in [5.74, 6) is -0.718. The van der Waals surface area contributed by atoms with Crippen LogP contribution in [-0.2, 0) is 4.79 Å².